The van der Waals surface area contributed by atoms with Gasteiger partial charge in [-0.3, -0.25) is 4.79 Å². The molecular formula is C19H18ClFN4O5S. The average molecular weight is 469 g/mol. The minimum Gasteiger partial charge on any atom is -0.391 e. The van der Waals surface area contributed by atoms with Crippen molar-refractivity contribution in [2.75, 3.05) is 0 Å². The van der Waals surface area contributed by atoms with Gasteiger partial charge in [0.25, 0.3) is 0 Å². The van der Waals surface area contributed by atoms with Crippen LogP contribution in [0.1, 0.15) is 46.3 Å². The predicted molar refractivity (Wildman–Crippen MR) is 110 cm³/mol. The summed E-state index contributed by atoms with van der Waals surface area (Å²) in [6.45, 7) is 3.20. The number of nitrogens with zero attached hydrogens (tertiary/aromatic N) is 1. The number of benzene rings is 2. The SMILES string of the molecule is Cc1cccc(F)c1[C@@H](C)[C@H](NS(=O)(=O)c1ccc(Cl)cc1C(N)=O)c1n[nH]c(=O)o1. The molecule has 1 heterocycles. The number of amides is 1. The summed E-state index contributed by atoms with van der Waals surface area (Å²) in [5.41, 5.74) is 5.72. The molecule has 0 spiro atoms. The van der Waals surface area contributed by atoms with Gasteiger partial charge >= 0.3 is 5.76 Å². The number of nitrogens with two attached hydrogens (primary N) is 1. The van der Waals surface area contributed by atoms with Crippen molar-refractivity contribution in [2.24, 2.45) is 5.73 Å². The second-order valence-electron chi connectivity index (χ2n) is 6.81. The highest BCUT2D eigenvalue weighted by Crippen LogP contribution is 2.34. The first-order valence-electron chi connectivity index (χ1n) is 8.93. The van der Waals surface area contributed by atoms with Gasteiger partial charge in [-0.15, -0.1) is 5.10 Å². The second kappa shape index (κ2) is 8.61. The fourth-order valence-electron chi connectivity index (χ4n) is 3.29. The maximum Gasteiger partial charge on any atom is 0.434 e. The molecule has 0 fully saturated rings. The highest BCUT2D eigenvalue weighted by molar-refractivity contribution is 7.89. The Balaban J connectivity index is 2.12. The molecule has 0 radical (unpaired) electrons. The van der Waals surface area contributed by atoms with Crippen molar-refractivity contribution in [3.05, 3.63) is 80.4 Å². The molecule has 3 aromatic rings. The number of nitrogens with one attached hydrogen (secondary N) is 2. The van der Waals surface area contributed by atoms with E-state index in [0.29, 0.717) is 5.56 Å². The van der Waals surface area contributed by atoms with Gasteiger partial charge in [-0.2, -0.15) is 4.72 Å². The number of aromatic amines is 1. The van der Waals surface area contributed by atoms with E-state index in [0.717, 1.165) is 12.1 Å². The van der Waals surface area contributed by atoms with Crippen molar-refractivity contribution in [1.82, 2.24) is 14.9 Å². The molecule has 12 heteroatoms. The molecule has 0 aliphatic heterocycles. The van der Waals surface area contributed by atoms with Crippen molar-refractivity contribution in [1.29, 1.82) is 0 Å². The molecule has 0 aliphatic carbocycles. The summed E-state index contributed by atoms with van der Waals surface area (Å²) >= 11 is 5.85. The summed E-state index contributed by atoms with van der Waals surface area (Å²) in [5.74, 6) is -3.66. The minimum absolute atomic E-state index is 0.109. The lowest BCUT2D eigenvalue weighted by atomic mass is 9.90. The van der Waals surface area contributed by atoms with Crippen LogP contribution < -0.4 is 16.2 Å². The molecule has 0 bridgehead atoms. The van der Waals surface area contributed by atoms with E-state index in [-0.39, 0.29) is 22.0 Å². The number of H-pyrrole nitrogens is 1. The van der Waals surface area contributed by atoms with E-state index in [2.05, 4.69) is 14.9 Å². The van der Waals surface area contributed by atoms with Crippen molar-refractivity contribution >= 4 is 27.5 Å². The Hall–Kier alpha value is -3.02. The Morgan fingerprint density at radius 1 is 1.32 bits per heavy atom. The van der Waals surface area contributed by atoms with Crippen molar-refractivity contribution < 1.29 is 22.0 Å². The molecule has 2 aromatic carbocycles. The molecule has 164 valence electrons. The molecule has 3 rings (SSSR count). The zero-order chi connectivity index (χ0) is 22.9. The van der Waals surface area contributed by atoms with Gasteiger partial charge in [0.15, 0.2) is 0 Å². The van der Waals surface area contributed by atoms with Gasteiger partial charge < -0.3 is 10.2 Å². The van der Waals surface area contributed by atoms with Crippen LogP contribution in [0.4, 0.5) is 4.39 Å². The number of hydrogen-bond donors (Lipinski definition) is 3. The van der Waals surface area contributed by atoms with Crippen LogP contribution >= 0.6 is 11.6 Å². The summed E-state index contributed by atoms with van der Waals surface area (Å²) < 4.78 is 48.2. The summed E-state index contributed by atoms with van der Waals surface area (Å²) in [6.07, 6.45) is 0. The minimum atomic E-state index is -4.42. The standard InChI is InChI=1S/C19H18ClFN4O5S/c1-9-4-3-5-13(21)15(9)10(2)16(18-23-24-19(27)30-18)25-31(28,29)14-7-6-11(20)8-12(14)17(22)26/h3-8,10,16,25H,1-2H3,(H2,22,26)(H,24,27)/t10-,16+/m1/s1. The fourth-order valence-corrected chi connectivity index (χ4v) is 4.92. The Morgan fingerprint density at radius 2 is 2.03 bits per heavy atom. The van der Waals surface area contributed by atoms with Gasteiger partial charge in [0.1, 0.15) is 11.9 Å². The normalized spacial score (nSPS) is 13.7. The molecule has 0 saturated carbocycles. The van der Waals surface area contributed by atoms with Crippen molar-refractivity contribution in [2.45, 2.75) is 30.7 Å². The Morgan fingerprint density at radius 3 is 2.61 bits per heavy atom. The predicted octanol–water partition coefficient (Wildman–Crippen LogP) is 2.39. The van der Waals surface area contributed by atoms with E-state index in [1.807, 2.05) is 0 Å². The zero-order valence-corrected chi connectivity index (χ0v) is 17.9. The zero-order valence-electron chi connectivity index (χ0n) is 16.3. The molecule has 0 unspecified atom stereocenters. The van der Waals surface area contributed by atoms with Gasteiger partial charge in [-0.05, 0) is 42.3 Å². The lowest BCUT2D eigenvalue weighted by Gasteiger charge is -2.24. The third-order valence-corrected chi connectivity index (χ3v) is 6.46. The van der Waals surface area contributed by atoms with Crippen LogP contribution in [-0.4, -0.2) is 24.5 Å². The Bertz CT molecular complexity index is 1280. The third-order valence-electron chi connectivity index (χ3n) is 4.73. The number of carbonyl (C=O) groups is 1. The number of primary amides is 1. The largest absolute Gasteiger partial charge is 0.434 e. The van der Waals surface area contributed by atoms with E-state index in [1.165, 1.54) is 18.2 Å². The Labute approximate surface area is 181 Å². The molecule has 9 nitrogen and oxygen atoms in total. The lowest BCUT2D eigenvalue weighted by Crippen LogP contribution is -2.34. The first kappa shape index (κ1) is 22.7. The van der Waals surface area contributed by atoms with E-state index < -0.39 is 44.4 Å². The highest BCUT2D eigenvalue weighted by Gasteiger charge is 2.34. The summed E-state index contributed by atoms with van der Waals surface area (Å²) in [7, 11) is -4.42. The van der Waals surface area contributed by atoms with Crippen LogP contribution in [0, 0.1) is 12.7 Å². The molecule has 2 atom stereocenters. The molecule has 4 N–H and O–H groups in total. The maximum absolute atomic E-state index is 14.6. The van der Waals surface area contributed by atoms with Gasteiger partial charge in [-0.1, -0.05) is 30.7 Å². The smallest absolute Gasteiger partial charge is 0.391 e. The van der Waals surface area contributed by atoms with Gasteiger partial charge in [-0.25, -0.2) is 22.7 Å². The van der Waals surface area contributed by atoms with Crippen LogP contribution in [0.3, 0.4) is 0 Å². The number of aryl methyl sites for hydroxylation is 1. The first-order valence-corrected chi connectivity index (χ1v) is 10.8. The maximum atomic E-state index is 14.6. The van der Waals surface area contributed by atoms with Crippen LogP contribution in [0.25, 0.3) is 0 Å². The van der Waals surface area contributed by atoms with E-state index in [1.54, 1.807) is 19.9 Å². The van der Waals surface area contributed by atoms with Crippen molar-refractivity contribution in [3.63, 3.8) is 0 Å². The van der Waals surface area contributed by atoms with Crippen LogP contribution in [-0.2, 0) is 10.0 Å². The summed E-state index contributed by atoms with van der Waals surface area (Å²) in [6, 6.07) is 6.61. The fraction of sp³-hybridized carbons (Fsp3) is 0.211. The van der Waals surface area contributed by atoms with Crippen LogP contribution in [0.5, 0.6) is 0 Å². The molecule has 0 aliphatic rings. The number of halogens is 2. The van der Waals surface area contributed by atoms with E-state index >= 15 is 0 Å². The third kappa shape index (κ3) is 4.68. The topological polar surface area (TPSA) is 148 Å². The van der Waals surface area contributed by atoms with Crippen LogP contribution in [0.15, 0.2) is 50.5 Å². The number of aromatic nitrogens is 2. The number of carbonyl (C=O) groups excluding carboxylic acids is 1. The van der Waals surface area contributed by atoms with Gasteiger partial charge in [0.2, 0.25) is 21.8 Å². The van der Waals surface area contributed by atoms with E-state index in [9.17, 15) is 22.4 Å². The monoisotopic (exact) mass is 468 g/mol. The number of sulfonamides is 1. The van der Waals surface area contributed by atoms with Gasteiger partial charge in [0.05, 0.1) is 10.5 Å². The number of hydrogen-bond acceptors (Lipinski definition) is 6. The quantitative estimate of drug-likeness (QED) is 0.484. The highest BCUT2D eigenvalue weighted by atomic mass is 35.5. The first-order chi connectivity index (χ1) is 14.5. The molecule has 1 amide bonds. The molecule has 1 aromatic heterocycles. The van der Waals surface area contributed by atoms with E-state index in [4.69, 9.17) is 21.8 Å². The number of rotatable bonds is 7. The second-order valence-corrected chi connectivity index (χ2v) is 8.93. The lowest BCUT2D eigenvalue weighted by molar-refractivity contribution is 0.0997. The Kier molecular flexibility index (Phi) is 6.30. The van der Waals surface area contributed by atoms with Gasteiger partial charge in [0, 0.05) is 10.9 Å². The van der Waals surface area contributed by atoms with Crippen molar-refractivity contribution in [3.8, 4) is 0 Å². The molecular weight excluding hydrogens is 451 g/mol. The molecule has 31 heavy (non-hydrogen) atoms. The average Bonchev–Trinajstić information content (AvgIpc) is 3.11. The van der Waals surface area contributed by atoms with Crippen LogP contribution in [0.2, 0.25) is 5.02 Å². The summed E-state index contributed by atoms with van der Waals surface area (Å²) in [5, 5.41) is 5.87. The molecule has 0 saturated heterocycles. The summed E-state index contributed by atoms with van der Waals surface area (Å²) in [4.78, 5) is 22.8.